The van der Waals surface area contributed by atoms with Gasteiger partial charge in [0.05, 0.1) is 65.8 Å². The summed E-state index contributed by atoms with van der Waals surface area (Å²) in [5.74, 6) is 0.163. The van der Waals surface area contributed by atoms with Crippen molar-refractivity contribution < 1.29 is 33.5 Å². The highest BCUT2D eigenvalue weighted by Gasteiger charge is 2.35. The van der Waals surface area contributed by atoms with Crippen LogP contribution in [-0.2, 0) is 22.4 Å². The topological polar surface area (TPSA) is 175 Å². The second-order valence-corrected chi connectivity index (χ2v) is 12.9. The Morgan fingerprint density at radius 3 is 2.26 bits per heavy atom. The molecule has 0 saturated carbocycles. The smallest absolute Gasteiger partial charge is 0.277 e. The molecule has 1 aliphatic rings. The molecule has 2 atom stereocenters. The number of aliphatic hydroxyl groups is 1. The molecule has 3 aromatic rings. The number of hydrogen-bond donors (Lipinski definition) is 4. The van der Waals surface area contributed by atoms with E-state index in [1.807, 2.05) is 43.3 Å². The van der Waals surface area contributed by atoms with Crippen molar-refractivity contribution in [1.29, 1.82) is 0 Å². The number of likely N-dealkylation sites (tertiary alicyclic amines) is 1. The Labute approximate surface area is 299 Å². The van der Waals surface area contributed by atoms with Gasteiger partial charge in [0.15, 0.2) is 22.5 Å². The Hall–Kier alpha value is -4.01. The number of hydroxylamine groups is 2. The maximum atomic E-state index is 13.2. The number of hydrogen-bond acceptors (Lipinski definition) is 10. The van der Waals surface area contributed by atoms with Gasteiger partial charge >= 0.3 is 0 Å². The number of nitrogen functional groups attached to an aromatic ring is 2. The molecule has 1 fully saturated rings. The number of aryl methyl sites for hydroxylation is 2. The summed E-state index contributed by atoms with van der Waals surface area (Å²) in [6, 6.07) is 15.8. The minimum Gasteiger partial charge on any atom is -0.497 e. The van der Waals surface area contributed by atoms with Gasteiger partial charge in [-0.1, -0.05) is 35.9 Å². The predicted octanol–water partition coefficient (Wildman–Crippen LogP) is 3.68. The van der Waals surface area contributed by atoms with Crippen molar-refractivity contribution in [3.8, 4) is 5.75 Å². The number of nitrogens with one attached hydrogen (secondary N) is 1. The van der Waals surface area contributed by atoms with Crippen molar-refractivity contribution in [3.05, 3.63) is 76.1 Å². The maximum Gasteiger partial charge on any atom is 0.277 e. The zero-order valence-corrected chi connectivity index (χ0v) is 29.9. The van der Waals surface area contributed by atoms with Crippen LogP contribution < -0.4 is 21.5 Å². The number of aliphatic hydroxyl groups excluding tert-OH is 1. The van der Waals surface area contributed by atoms with Gasteiger partial charge in [-0.15, -0.1) is 0 Å². The molecule has 2 amide bonds. The average Bonchev–Trinajstić information content (AvgIpc) is 3.12. The van der Waals surface area contributed by atoms with E-state index in [9.17, 15) is 9.59 Å². The standard InChI is InChI=1S/C36H50ClN7O6/c1-3-43(50-24-23-49-22-21-45)36(47)28-14-10-26(11-15-28)7-4-18-44(19-5-8-27-12-16-30(48-2)17-13-27)20-6-9-29(25-44)40-35(46)31-33(38)42-34(39)32(37)41-31/h10-17,29,45H,3-9,18-25H2,1-2H3,(H4-,38,39,40,42,46)/p+1. The number of carbonyl (C=O) groups is 2. The van der Waals surface area contributed by atoms with E-state index < -0.39 is 5.91 Å². The van der Waals surface area contributed by atoms with Gasteiger partial charge in [-0.3, -0.25) is 14.4 Å². The number of aromatic nitrogens is 2. The molecule has 4 rings (SSSR count). The lowest BCUT2D eigenvalue weighted by molar-refractivity contribution is -0.933. The summed E-state index contributed by atoms with van der Waals surface area (Å²) in [6.07, 6.45) is 5.57. The van der Waals surface area contributed by atoms with Gasteiger partial charge in [-0.25, -0.2) is 15.0 Å². The number of amides is 2. The van der Waals surface area contributed by atoms with Crippen LogP contribution in [0.5, 0.6) is 5.75 Å². The van der Waals surface area contributed by atoms with E-state index in [0.717, 1.165) is 80.5 Å². The lowest BCUT2D eigenvalue weighted by Gasteiger charge is -2.45. The fraction of sp³-hybridized carbons (Fsp3) is 0.500. The molecule has 272 valence electrons. The quantitative estimate of drug-likeness (QED) is 0.0815. The van der Waals surface area contributed by atoms with Crippen LogP contribution >= 0.6 is 11.6 Å². The Morgan fingerprint density at radius 1 is 0.980 bits per heavy atom. The van der Waals surface area contributed by atoms with Crippen LogP contribution in [0.3, 0.4) is 0 Å². The lowest BCUT2D eigenvalue weighted by atomic mass is 9.99. The fourth-order valence-corrected chi connectivity index (χ4v) is 6.60. The molecule has 2 unspecified atom stereocenters. The summed E-state index contributed by atoms with van der Waals surface area (Å²) in [5.41, 5.74) is 14.6. The van der Waals surface area contributed by atoms with Crippen LogP contribution in [0, 0.1) is 0 Å². The Balaban J connectivity index is 1.38. The van der Waals surface area contributed by atoms with Crippen LogP contribution in [0.25, 0.3) is 0 Å². The predicted molar refractivity (Wildman–Crippen MR) is 193 cm³/mol. The first kappa shape index (κ1) is 38.8. The van der Waals surface area contributed by atoms with Gasteiger partial charge in [0.2, 0.25) is 0 Å². The number of halogens is 1. The van der Waals surface area contributed by atoms with Crippen molar-refractivity contribution in [2.75, 3.05) is 77.7 Å². The second kappa shape index (κ2) is 19.4. The summed E-state index contributed by atoms with van der Waals surface area (Å²) in [7, 11) is 1.67. The van der Waals surface area contributed by atoms with Gasteiger partial charge in [-0.05, 0) is 68.0 Å². The van der Waals surface area contributed by atoms with Crippen LogP contribution in [0.4, 0.5) is 11.6 Å². The maximum absolute atomic E-state index is 13.2. The van der Waals surface area contributed by atoms with Crippen molar-refractivity contribution in [3.63, 3.8) is 0 Å². The number of benzene rings is 2. The Bertz CT molecular complexity index is 1530. The molecule has 2 aromatic carbocycles. The van der Waals surface area contributed by atoms with Crippen LogP contribution in [-0.4, -0.2) is 109 Å². The number of anilines is 2. The molecule has 14 heteroatoms. The van der Waals surface area contributed by atoms with Gasteiger partial charge < -0.3 is 35.8 Å². The van der Waals surface area contributed by atoms with Crippen molar-refractivity contribution in [1.82, 2.24) is 20.3 Å². The molecule has 0 aliphatic carbocycles. The van der Waals surface area contributed by atoms with E-state index in [2.05, 4.69) is 27.4 Å². The minimum absolute atomic E-state index is 0.0131. The highest BCUT2D eigenvalue weighted by atomic mass is 35.5. The third kappa shape index (κ3) is 11.3. The first-order chi connectivity index (χ1) is 24.2. The van der Waals surface area contributed by atoms with Crippen LogP contribution in [0.15, 0.2) is 48.5 Å². The first-order valence-corrected chi connectivity index (χ1v) is 17.6. The Morgan fingerprint density at radius 2 is 1.64 bits per heavy atom. The van der Waals surface area contributed by atoms with Crippen LogP contribution in [0.2, 0.25) is 5.15 Å². The van der Waals surface area contributed by atoms with Crippen molar-refractivity contribution in [2.24, 2.45) is 0 Å². The molecule has 6 N–H and O–H groups in total. The van der Waals surface area contributed by atoms with Crippen molar-refractivity contribution >= 4 is 35.1 Å². The summed E-state index contributed by atoms with van der Waals surface area (Å²) >= 11 is 6.05. The first-order valence-electron chi connectivity index (χ1n) is 17.3. The van der Waals surface area contributed by atoms with Gasteiger partial charge in [0.1, 0.15) is 5.75 Å². The summed E-state index contributed by atoms with van der Waals surface area (Å²) in [4.78, 5) is 39.9. The second-order valence-electron chi connectivity index (χ2n) is 12.6. The average molecular weight is 713 g/mol. The normalized spacial score (nSPS) is 17.3. The molecule has 0 bridgehead atoms. The zero-order chi connectivity index (χ0) is 35.9. The van der Waals surface area contributed by atoms with Gasteiger partial charge in [0.25, 0.3) is 11.8 Å². The van der Waals surface area contributed by atoms with E-state index in [-0.39, 0.29) is 54.3 Å². The Kier molecular flexibility index (Phi) is 15.0. The summed E-state index contributed by atoms with van der Waals surface area (Å²) in [5, 5.41) is 13.3. The highest BCUT2D eigenvalue weighted by Crippen LogP contribution is 2.24. The minimum atomic E-state index is -0.406. The number of quaternary nitrogens is 1. The molecule has 13 nitrogen and oxygen atoms in total. The molecule has 0 radical (unpaired) electrons. The van der Waals surface area contributed by atoms with Gasteiger partial charge in [-0.2, -0.15) is 0 Å². The molecule has 50 heavy (non-hydrogen) atoms. The highest BCUT2D eigenvalue weighted by molar-refractivity contribution is 6.31. The van der Waals surface area contributed by atoms with E-state index in [4.69, 9.17) is 42.5 Å². The summed E-state index contributed by atoms with van der Waals surface area (Å²) < 4.78 is 11.4. The largest absolute Gasteiger partial charge is 0.497 e. The number of nitrogens with zero attached hydrogens (tertiary/aromatic N) is 4. The van der Waals surface area contributed by atoms with E-state index >= 15 is 0 Å². The lowest BCUT2D eigenvalue weighted by Crippen LogP contribution is -2.60. The van der Waals surface area contributed by atoms with Gasteiger partial charge in [0, 0.05) is 24.9 Å². The number of ether oxygens (including phenoxy) is 2. The third-order valence-electron chi connectivity index (χ3n) is 9.03. The van der Waals surface area contributed by atoms with E-state index in [1.54, 1.807) is 7.11 Å². The number of methoxy groups -OCH3 is 1. The molecule has 2 heterocycles. The monoisotopic (exact) mass is 712 g/mol. The molecular formula is C36H51ClN7O6+. The van der Waals surface area contributed by atoms with E-state index in [0.29, 0.717) is 18.7 Å². The molecule has 1 saturated heterocycles. The number of nitrogens with two attached hydrogens (primary N) is 2. The zero-order valence-electron chi connectivity index (χ0n) is 29.1. The SMILES string of the molecule is CCN(OCCOCCO)C(=O)c1ccc(CCC[N+]2(CCCc3ccc(OC)cc3)CCCC(NC(=O)c3nc(Cl)c(N)nc3N)C2)cc1. The number of carbonyl (C=O) groups excluding carboxylic acids is 2. The number of piperidine rings is 1. The molecule has 0 spiro atoms. The fourth-order valence-electron chi connectivity index (χ4n) is 6.48. The molecular weight excluding hydrogens is 662 g/mol. The molecule has 1 aliphatic heterocycles. The van der Waals surface area contributed by atoms with Crippen molar-refractivity contribution in [2.45, 2.75) is 51.5 Å². The van der Waals surface area contributed by atoms with Crippen LogP contribution in [0.1, 0.15) is 64.6 Å². The summed E-state index contributed by atoms with van der Waals surface area (Å²) in [6.45, 7) is 6.67. The molecule has 1 aromatic heterocycles. The third-order valence-corrected chi connectivity index (χ3v) is 9.31. The van der Waals surface area contributed by atoms with E-state index in [1.165, 1.54) is 10.6 Å². The number of rotatable bonds is 19.